The Morgan fingerprint density at radius 1 is 1.14 bits per heavy atom. The molecule has 1 atom stereocenters. The van der Waals surface area contributed by atoms with Crippen LogP contribution in [0.25, 0.3) is 0 Å². The van der Waals surface area contributed by atoms with Crippen molar-refractivity contribution in [1.29, 1.82) is 0 Å². The highest BCUT2D eigenvalue weighted by molar-refractivity contribution is 5.96. The highest BCUT2D eigenvalue weighted by Crippen LogP contribution is 2.24. The lowest BCUT2D eigenvalue weighted by Gasteiger charge is -2.18. The summed E-state index contributed by atoms with van der Waals surface area (Å²) in [5.74, 6) is 0.848. The largest absolute Gasteiger partial charge is 0.497 e. The Bertz CT molecular complexity index is 849. The number of aryl methyl sites for hydroxylation is 2. The quantitative estimate of drug-likeness (QED) is 0.808. The van der Waals surface area contributed by atoms with Gasteiger partial charge in [-0.2, -0.15) is 0 Å². The number of nitrogens with zero attached hydrogens (tertiary/aromatic N) is 1. The van der Waals surface area contributed by atoms with E-state index in [1.165, 1.54) is 5.56 Å². The Labute approximate surface area is 165 Å². The molecule has 0 saturated carbocycles. The first-order valence-corrected chi connectivity index (χ1v) is 9.51. The molecular formula is C22H27N3O3. The van der Waals surface area contributed by atoms with E-state index in [2.05, 4.69) is 10.6 Å². The molecule has 1 fully saturated rings. The molecule has 0 radical (unpaired) electrons. The molecule has 0 unspecified atom stereocenters. The molecule has 1 heterocycles. The third-order valence-electron chi connectivity index (χ3n) is 5.12. The second-order valence-corrected chi connectivity index (χ2v) is 7.17. The lowest BCUT2D eigenvalue weighted by molar-refractivity contribution is -0.117. The van der Waals surface area contributed by atoms with E-state index in [1.54, 1.807) is 12.0 Å². The van der Waals surface area contributed by atoms with E-state index in [4.69, 9.17) is 4.74 Å². The average Bonchev–Trinajstić information content (AvgIpc) is 3.04. The van der Waals surface area contributed by atoms with Crippen molar-refractivity contribution in [2.24, 2.45) is 0 Å². The maximum absolute atomic E-state index is 12.4. The molecule has 0 aliphatic carbocycles. The van der Waals surface area contributed by atoms with Gasteiger partial charge in [-0.15, -0.1) is 0 Å². The van der Waals surface area contributed by atoms with Crippen LogP contribution < -0.4 is 20.3 Å². The molecule has 0 aromatic heterocycles. The number of nitrogens with one attached hydrogen (secondary N) is 2. The molecule has 2 aromatic rings. The van der Waals surface area contributed by atoms with Crippen LogP contribution in [0.3, 0.4) is 0 Å². The van der Waals surface area contributed by atoms with Gasteiger partial charge in [-0.05, 0) is 61.2 Å². The summed E-state index contributed by atoms with van der Waals surface area (Å²) < 4.78 is 5.14. The van der Waals surface area contributed by atoms with Crippen molar-refractivity contribution < 1.29 is 14.3 Å². The molecule has 28 heavy (non-hydrogen) atoms. The average molecular weight is 381 g/mol. The minimum Gasteiger partial charge on any atom is -0.497 e. The SMILES string of the molecule is COc1ccc(CCNC(=O)N[C@@H]2CC(=O)N(c3ccc(C)c(C)c3)C2)cc1. The fraction of sp³-hybridized carbons (Fsp3) is 0.364. The van der Waals surface area contributed by atoms with Crippen molar-refractivity contribution in [3.8, 4) is 5.75 Å². The first-order valence-electron chi connectivity index (χ1n) is 9.51. The molecule has 6 nitrogen and oxygen atoms in total. The first-order chi connectivity index (χ1) is 13.5. The van der Waals surface area contributed by atoms with E-state index in [-0.39, 0.29) is 18.0 Å². The number of benzene rings is 2. The number of carbonyl (C=O) groups is 2. The molecule has 2 aromatic carbocycles. The zero-order valence-electron chi connectivity index (χ0n) is 16.6. The standard InChI is InChI=1S/C22H27N3O3/c1-15-4-7-19(12-16(15)2)25-14-18(13-21(25)26)24-22(27)23-11-10-17-5-8-20(28-3)9-6-17/h4-9,12,18H,10-11,13-14H2,1-3H3,(H2,23,24,27)/t18-/m1/s1. The van der Waals surface area contributed by atoms with Crippen molar-refractivity contribution in [2.75, 3.05) is 25.1 Å². The Kier molecular flexibility index (Phi) is 6.19. The minimum absolute atomic E-state index is 0.0341. The van der Waals surface area contributed by atoms with E-state index < -0.39 is 0 Å². The summed E-state index contributed by atoms with van der Waals surface area (Å²) in [5, 5.41) is 5.77. The normalized spacial score (nSPS) is 16.2. The van der Waals surface area contributed by atoms with Crippen LogP contribution >= 0.6 is 0 Å². The van der Waals surface area contributed by atoms with E-state index in [0.29, 0.717) is 19.5 Å². The Hall–Kier alpha value is -3.02. The number of methoxy groups -OCH3 is 1. The van der Waals surface area contributed by atoms with E-state index >= 15 is 0 Å². The van der Waals surface area contributed by atoms with E-state index in [0.717, 1.165) is 29.0 Å². The number of ether oxygens (including phenoxy) is 1. The van der Waals surface area contributed by atoms with Gasteiger partial charge in [-0.3, -0.25) is 4.79 Å². The zero-order valence-corrected chi connectivity index (χ0v) is 16.6. The summed E-state index contributed by atoms with van der Waals surface area (Å²) >= 11 is 0. The van der Waals surface area contributed by atoms with Crippen LogP contribution in [0.2, 0.25) is 0 Å². The molecule has 0 spiro atoms. The van der Waals surface area contributed by atoms with Crippen LogP contribution in [0, 0.1) is 13.8 Å². The third kappa shape index (κ3) is 4.82. The second-order valence-electron chi connectivity index (χ2n) is 7.17. The van der Waals surface area contributed by atoms with Crippen molar-refractivity contribution in [3.05, 3.63) is 59.2 Å². The fourth-order valence-electron chi connectivity index (χ4n) is 3.30. The van der Waals surface area contributed by atoms with Gasteiger partial charge < -0.3 is 20.3 Å². The van der Waals surface area contributed by atoms with Crippen LogP contribution in [-0.4, -0.2) is 38.2 Å². The number of rotatable bonds is 6. The van der Waals surface area contributed by atoms with Gasteiger partial charge in [0.2, 0.25) is 5.91 Å². The highest BCUT2D eigenvalue weighted by atomic mass is 16.5. The van der Waals surface area contributed by atoms with E-state index in [9.17, 15) is 9.59 Å². The van der Waals surface area contributed by atoms with Crippen molar-refractivity contribution in [1.82, 2.24) is 10.6 Å². The molecule has 3 rings (SSSR count). The summed E-state index contributed by atoms with van der Waals surface area (Å²) in [6, 6.07) is 13.3. The molecule has 3 amide bonds. The molecule has 148 valence electrons. The Morgan fingerprint density at radius 3 is 2.57 bits per heavy atom. The molecule has 2 N–H and O–H groups in total. The first kappa shape index (κ1) is 19.7. The maximum atomic E-state index is 12.4. The van der Waals surface area contributed by atoms with Gasteiger partial charge in [0, 0.05) is 25.2 Å². The summed E-state index contributed by atoms with van der Waals surface area (Å²) in [6.07, 6.45) is 1.05. The van der Waals surface area contributed by atoms with Gasteiger partial charge in [-0.25, -0.2) is 4.79 Å². The van der Waals surface area contributed by atoms with Gasteiger partial charge in [-0.1, -0.05) is 18.2 Å². The smallest absolute Gasteiger partial charge is 0.315 e. The number of urea groups is 1. The molecule has 0 bridgehead atoms. The van der Waals surface area contributed by atoms with E-state index in [1.807, 2.05) is 56.3 Å². The number of carbonyl (C=O) groups excluding carboxylic acids is 2. The molecule has 6 heteroatoms. The van der Waals surface area contributed by atoms with Crippen LogP contribution in [0.15, 0.2) is 42.5 Å². The zero-order chi connectivity index (χ0) is 20.1. The van der Waals surface area contributed by atoms with Crippen LogP contribution in [0.5, 0.6) is 5.75 Å². The molecule has 1 saturated heterocycles. The summed E-state index contributed by atoms with van der Waals surface area (Å²) in [7, 11) is 1.63. The van der Waals surface area contributed by atoms with Gasteiger partial charge >= 0.3 is 6.03 Å². The number of amides is 3. The second kappa shape index (κ2) is 8.78. The monoisotopic (exact) mass is 381 g/mol. The van der Waals surface area contributed by atoms with Crippen molar-refractivity contribution in [2.45, 2.75) is 32.7 Å². The van der Waals surface area contributed by atoms with Gasteiger partial charge in [0.15, 0.2) is 0 Å². The Morgan fingerprint density at radius 2 is 1.89 bits per heavy atom. The Balaban J connectivity index is 1.46. The summed E-state index contributed by atoms with van der Waals surface area (Å²) in [6.45, 7) is 5.10. The lowest BCUT2D eigenvalue weighted by atomic mass is 10.1. The minimum atomic E-state index is -0.242. The van der Waals surface area contributed by atoms with Crippen molar-refractivity contribution >= 4 is 17.6 Å². The number of hydrogen-bond acceptors (Lipinski definition) is 3. The molecule has 1 aliphatic rings. The predicted molar refractivity (Wildman–Crippen MR) is 110 cm³/mol. The van der Waals surface area contributed by atoms with Crippen molar-refractivity contribution in [3.63, 3.8) is 0 Å². The summed E-state index contributed by atoms with van der Waals surface area (Å²) in [4.78, 5) is 26.3. The van der Waals surface area contributed by atoms with Gasteiger partial charge in [0.05, 0.1) is 13.2 Å². The lowest BCUT2D eigenvalue weighted by Crippen LogP contribution is -2.43. The topological polar surface area (TPSA) is 70.7 Å². The van der Waals surface area contributed by atoms with Crippen LogP contribution in [-0.2, 0) is 11.2 Å². The fourth-order valence-corrected chi connectivity index (χ4v) is 3.30. The van der Waals surface area contributed by atoms with Gasteiger partial charge in [0.1, 0.15) is 5.75 Å². The highest BCUT2D eigenvalue weighted by Gasteiger charge is 2.31. The van der Waals surface area contributed by atoms with Crippen LogP contribution in [0.1, 0.15) is 23.1 Å². The maximum Gasteiger partial charge on any atom is 0.315 e. The third-order valence-corrected chi connectivity index (χ3v) is 5.12. The van der Waals surface area contributed by atoms with Gasteiger partial charge in [0.25, 0.3) is 0 Å². The summed E-state index contributed by atoms with van der Waals surface area (Å²) in [5.41, 5.74) is 4.36. The predicted octanol–water partition coefficient (Wildman–Crippen LogP) is 2.96. The number of hydrogen-bond donors (Lipinski definition) is 2. The number of anilines is 1. The molecular weight excluding hydrogens is 354 g/mol. The molecule has 1 aliphatic heterocycles. The van der Waals surface area contributed by atoms with Crippen LogP contribution in [0.4, 0.5) is 10.5 Å².